The zero-order valence-corrected chi connectivity index (χ0v) is 11.2. The molecule has 1 aromatic carbocycles. The van der Waals surface area contributed by atoms with E-state index in [9.17, 15) is 9.59 Å². The SMILES string of the molecule is NC(=O)NCCNC(=O)c1cc(N)cc(I)c1. The van der Waals surface area contributed by atoms with Crippen LogP contribution in [0.1, 0.15) is 10.4 Å². The normalized spacial score (nSPS) is 9.71. The first-order chi connectivity index (χ1) is 7.99. The van der Waals surface area contributed by atoms with Crippen LogP contribution < -0.4 is 22.1 Å². The minimum atomic E-state index is -0.613. The molecule has 17 heavy (non-hydrogen) atoms. The van der Waals surface area contributed by atoms with E-state index in [-0.39, 0.29) is 5.91 Å². The summed E-state index contributed by atoms with van der Waals surface area (Å²) >= 11 is 2.08. The van der Waals surface area contributed by atoms with Gasteiger partial charge in [-0.25, -0.2) is 4.79 Å². The van der Waals surface area contributed by atoms with Gasteiger partial charge in [-0.15, -0.1) is 0 Å². The Kier molecular flexibility index (Phi) is 5.01. The van der Waals surface area contributed by atoms with E-state index in [1.807, 2.05) is 0 Å². The fraction of sp³-hybridized carbons (Fsp3) is 0.200. The lowest BCUT2D eigenvalue weighted by molar-refractivity contribution is 0.0954. The van der Waals surface area contributed by atoms with E-state index in [1.54, 1.807) is 18.2 Å². The summed E-state index contributed by atoms with van der Waals surface area (Å²) < 4.78 is 0.892. The molecule has 0 spiro atoms. The fourth-order valence-corrected chi connectivity index (χ4v) is 1.90. The summed E-state index contributed by atoms with van der Waals surface area (Å²) in [5.74, 6) is -0.235. The van der Waals surface area contributed by atoms with E-state index < -0.39 is 6.03 Å². The third-order valence-electron chi connectivity index (χ3n) is 1.89. The summed E-state index contributed by atoms with van der Waals surface area (Å²) in [7, 11) is 0. The number of halogens is 1. The topological polar surface area (TPSA) is 110 Å². The highest BCUT2D eigenvalue weighted by Crippen LogP contribution is 2.13. The van der Waals surface area contributed by atoms with Gasteiger partial charge in [-0.2, -0.15) is 0 Å². The molecule has 0 radical (unpaired) electrons. The Labute approximate surface area is 112 Å². The summed E-state index contributed by atoms with van der Waals surface area (Å²) in [5, 5.41) is 5.01. The molecule has 3 amide bonds. The Hall–Kier alpha value is -1.51. The van der Waals surface area contributed by atoms with Gasteiger partial charge in [0.15, 0.2) is 0 Å². The van der Waals surface area contributed by atoms with Crippen molar-refractivity contribution in [3.05, 3.63) is 27.3 Å². The van der Waals surface area contributed by atoms with Crippen molar-refractivity contribution in [2.75, 3.05) is 18.8 Å². The molecule has 1 rings (SSSR count). The predicted molar refractivity (Wildman–Crippen MR) is 73.5 cm³/mol. The van der Waals surface area contributed by atoms with Crippen molar-refractivity contribution in [1.82, 2.24) is 10.6 Å². The lowest BCUT2D eigenvalue weighted by atomic mass is 10.2. The van der Waals surface area contributed by atoms with Crippen molar-refractivity contribution in [3.8, 4) is 0 Å². The number of hydrogen-bond donors (Lipinski definition) is 4. The number of nitrogens with one attached hydrogen (secondary N) is 2. The predicted octanol–water partition coefficient (Wildman–Crippen LogP) is 0.271. The molecule has 7 heteroatoms. The van der Waals surface area contributed by atoms with Crippen LogP contribution in [0.4, 0.5) is 10.5 Å². The zero-order chi connectivity index (χ0) is 12.8. The van der Waals surface area contributed by atoms with Crippen LogP contribution in [-0.4, -0.2) is 25.0 Å². The van der Waals surface area contributed by atoms with Crippen molar-refractivity contribution in [2.45, 2.75) is 0 Å². The van der Waals surface area contributed by atoms with Gasteiger partial charge in [0.1, 0.15) is 0 Å². The molecule has 0 aliphatic carbocycles. The quantitative estimate of drug-likeness (QED) is 0.356. The number of benzene rings is 1. The van der Waals surface area contributed by atoms with Crippen molar-refractivity contribution < 1.29 is 9.59 Å². The van der Waals surface area contributed by atoms with Gasteiger partial charge < -0.3 is 22.1 Å². The molecule has 0 aliphatic heterocycles. The van der Waals surface area contributed by atoms with Gasteiger partial charge in [-0.3, -0.25) is 4.79 Å². The van der Waals surface area contributed by atoms with Gasteiger partial charge in [0.2, 0.25) is 0 Å². The smallest absolute Gasteiger partial charge is 0.312 e. The lowest BCUT2D eigenvalue weighted by Gasteiger charge is -2.06. The van der Waals surface area contributed by atoms with E-state index in [0.717, 1.165) is 3.57 Å². The second-order valence-electron chi connectivity index (χ2n) is 3.32. The summed E-state index contributed by atoms with van der Waals surface area (Å²) in [6.45, 7) is 0.605. The summed E-state index contributed by atoms with van der Waals surface area (Å²) in [6.07, 6.45) is 0. The van der Waals surface area contributed by atoms with Crippen LogP contribution in [0.3, 0.4) is 0 Å². The molecule has 0 bridgehead atoms. The van der Waals surface area contributed by atoms with E-state index in [2.05, 4.69) is 33.2 Å². The van der Waals surface area contributed by atoms with Gasteiger partial charge in [0, 0.05) is 27.9 Å². The molecule has 0 unspecified atom stereocenters. The van der Waals surface area contributed by atoms with Gasteiger partial charge in [0.05, 0.1) is 0 Å². The number of carbonyl (C=O) groups excluding carboxylic acids is 2. The van der Waals surface area contributed by atoms with Gasteiger partial charge in [-0.05, 0) is 40.8 Å². The molecule has 0 saturated carbocycles. The number of nitrogen functional groups attached to an aromatic ring is 1. The highest BCUT2D eigenvalue weighted by atomic mass is 127. The molecule has 0 heterocycles. The van der Waals surface area contributed by atoms with Crippen molar-refractivity contribution in [3.63, 3.8) is 0 Å². The highest BCUT2D eigenvalue weighted by molar-refractivity contribution is 14.1. The summed E-state index contributed by atoms with van der Waals surface area (Å²) in [5.41, 5.74) is 11.5. The molecule has 1 aromatic rings. The maximum atomic E-state index is 11.7. The third kappa shape index (κ3) is 4.89. The zero-order valence-electron chi connectivity index (χ0n) is 9.00. The standard InChI is InChI=1S/C10H13IN4O2/c11-7-3-6(4-8(12)5-7)9(16)14-1-2-15-10(13)17/h3-5H,1-2,12H2,(H,14,16)(H3,13,15,17). The average molecular weight is 348 g/mol. The monoisotopic (exact) mass is 348 g/mol. The molecule has 0 aliphatic rings. The molecular formula is C10H13IN4O2. The lowest BCUT2D eigenvalue weighted by Crippen LogP contribution is -2.37. The Balaban J connectivity index is 2.49. The minimum absolute atomic E-state index is 0.235. The first-order valence-electron chi connectivity index (χ1n) is 4.86. The average Bonchev–Trinajstić information content (AvgIpc) is 2.22. The van der Waals surface area contributed by atoms with Crippen LogP contribution in [-0.2, 0) is 0 Å². The molecule has 92 valence electrons. The number of amides is 3. The number of rotatable bonds is 4. The highest BCUT2D eigenvalue weighted by Gasteiger charge is 2.06. The third-order valence-corrected chi connectivity index (χ3v) is 2.51. The van der Waals surface area contributed by atoms with Crippen molar-refractivity contribution in [1.29, 1.82) is 0 Å². The second-order valence-corrected chi connectivity index (χ2v) is 4.57. The molecule has 0 saturated heterocycles. The number of anilines is 1. The van der Waals surface area contributed by atoms with Crippen LogP contribution in [0.5, 0.6) is 0 Å². The van der Waals surface area contributed by atoms with E-state index in [0.29, 0.717) is 24.3 Å². The molecule has 0 atom stereocenters. The fourth-order valence-electron chi connectivity index (χ4n) is 1.21. The molecule has 6 nitrogen and oxygen atoms in total. The second kappa shape index (κ2) is 6.28. The summed E-state index contributed by atoms with van der Waals surface area (Å²) in [6, 6.07) is 4.48. The number of nitrogens with two attached hydrogens (primary N) is 2. The van der Waals surface area contributed by atoms with Crippen LogP contribution in [0.2, 0.25) is 0 Å². The number of carbonyl (C=O) groups is 2. The van der Waals surface area contributed by atoms with E-state index in [4.69, 9.17) is 11.5 Å². The first kappa shape index (κ1) is 13.6. The van der Waals surface area contributed by atoms with Crippen LogP contribution in [0, 0.1) is 3.57 Å². The maximum absolute atomic E-state index is 11.7. The Bertz CT molecular complexity index is 416. The Morgan fingerprint density at radius 1 is 1.18 bits per heavy atom. The Morgan fingerprint density at radius 2 is 1.82 bits per heavy atom. The van der Waals surface area contributed by atoms with Crippen molar-refractivity contribution in [2.24, 2.45) is 5.73 Å². The maximum Gasteiger partial charge on any atom is 0.312 e. The van der Waals surface area contributed by atoms with Gasteiger partial charge in [0.25, 0.3) is 5.91 Å². The number of urea groups is 1. The Morgan fingerprint density at radius 3 is 2.41 bits per heavy atom. The van der Waals surface area contributed by atoms with E-state index in [1.165, 1.54) is 0 Å². The summed E-state index contributed by atoms with van der Waals surface area (Å²) in [4.78, 5) is 22.1. The van der Waals surface area contributed by atoms with E-state index >= 15 is 0 Å². The largest absolute Gasteiger partial charge is 0.399 e. The number of primary amides is 1. The minimum Gasteiger partial charge on any atom is -0.399 e. The molecule has 0 fully saturated rings. The molecule has 0 aromatic heterocycles. The van der Waals surface area contributed by atoms with Crippen molar-refractivity contribution >= 4 is 40.2 Å². The van der Waals surface area contributed by atoms with Crippen LogP contribution in [0.25, 0.3) is 0 Å². The van der Waals surface area contributed by atoms with Gasteiger partial charge >= 0.3 is 6.03 Å². The first-order valence-corrected chi connectivity index (χ1v) is 5.94. The molecular weight excluding hydrogens is 335 g/mol. The van der Waals surface area contributed by atoms with Gasteiger partial charge in [-0.1, -0.05) is 0 Å². The van der Waals surface area contributed by atoms with Crippen LogP contribution >= 0.6 is 22.6 Å². The molecule has 6 N–H and O–H groups in total. The number of hydrogen-bond acceptors (Lipinski definition) is 3. The van der Waals surface area contributed by atoms with Crippen LogP contribution in [0.15, 0.2) is 18.2 Å².